The number of aldehydes is 1. The van der Waals surface area contributed by atoms with E-state index in [4.69, 9.17) is 9.47 Å². The standard InChI is InChI=1S/C16H14BrNO4/c1-21-15-5-3-2-4-13(15)18-16(20)10-22-14-7-6-11(9-19)8-12(14)17/h2-9H,10H2,1H3,(H,18,20). The molecular formula is C16H14BrNO4. The van der Waals surface area contributed by atoms with E-state index in [9.17, 15) is 9.59 Å². The predicted molar refractivity (Wildman–Crippen MR) is 86.6 cm³/mol. The summed E-state index contributed by atoms with van der Waals surface area (Å²) in [5.41, 5.74) is 1.10. The highest BCUT2D eigenvalue weighted by molar-refractivity contribution is 9.10. The van der Waals surface area contributed by atoms with E-state index < -0.39 is 0 Å². The van der Waals surface area contributed by atoms with Crippen molar-refractivity contribution in [2.75, 3.05) is 19.0 Å². The Labute approximate surface area is 136 Å². The van der Waals surface area contributed by atoms with Crippen molar-refractivity contribution in [3.63, 3.8) is 0 Å². The lowest BCUT2D eigenvalue weighted by Crippen LogP contribution is -2.20. The van der Waals surface area contributed by atoms with E-state index in [0.717, 1.165) is 6.29 Å². The van der Waals surface area contributed by atoms with Gasteiger partial charge in [-0.2, -0.15) is 0 Å². The van der Waals surface area contributed by atoms with Gasteiger partial charge in [0.1, 0.15) is 17.8 Å². The second-order valence-corrected chi connectivity index (χ2v) is 5.20. The Morgan fingerprint density at radius 3 is 2.68 bits per heavy atom. The van der Waals surface area contributed by atoms with E-state index in [1.165, 1.54) is 7.11 Å². The van der Waals surface area contributed by atoms with Crippen LogP contribution in [0.4, 0.5) is 5.69 Å². The number of hydrogen-bond donors (Lipinski definition) is 1. The molecule has 0 saturated heterocycles. The fourth-order valence-electron chi connectivity index (χ4n) is 1.78. The van der Waals surface area contributed by atoms with Crippen molar-refractivity contribution in [2.24, 2.45) is 0 Å². The Bertz CT molecular complexity index is 688. The second kappa shape index (κ2) is 7.61. The molecule has 5 nitrogen and oxygen atoms in total. The van der Waals surface area contributed by atoms with Crippen molar-refractivity contribution < 1.29 is 19.1 Å². The fraction of sp³-hybridized carbons (Fsp3) is 0.125. The third-order valence-electron chi connectivity index (χ3n) is 2.83. The lowest BCUT2D eigenvalue weighted by molar-refractivity contribution is -0.118. The Hall–Kier alpha value is -2.34. The maximum Gasteiger partial charge on any atom is 0.262 e. The van der Waals surface area contributed by atoms with E-state index in [1.54, 1.807) is 36.4 Å². The van der Waals surface area contributed by atoms with Gasteiger partial charge in [0.05, 0.1) is 17.3 Å². The molecule has 0 aromatic heterocycles. The highest BCUT2D eigenvalue weighted by Crippen LogP contribution is 2.26. The minimum absolute atomic E-state index is 0.156. The molecule has 22 heavy (non-hydrogen) atoms. The van der Waals surface area contributed by atoms with E-state index >= 15 is 0 Å². The smallest absolute Gasteiger partial charge is 0.262 e. The number of rotatable bonds is 6. The molecule has 0 unspecified atom stereocenters. The van der Waals surface area contributed by atoms with Crippen LogP contribution in [0.15, 0.2) is 46.9 Å². The van der Waals surface area contributed by atoms with Crippen LogP contribution in [0.1, 0.15) is 10.4 Å². The van der Waals surface area contributed by atoms with Crippen LogP contribution >= 0.6 is 15.9 Å². The second-order valence-electron chi connectivity index (χ2n) is 4.34. The number of amides is 1. The Morgan fingerprint density at radius 2 is 2.00 bits per heavy atom. The summed E-state index contributed by atoms with van der Waals surface area (Å²) in [6.07, 6.45) is 0.739. The molecule has 0 bridgehead atoms. The summed E-state index contributed by atoms with van der Waals surface area (Å²) in [5.74, 6) is 0.754. The van der Waals surface area contributed by atoms with Gasteiger partial charge in [-0.15, -0.1) is 0 Å². The van der Waals surface area contributed by atoms with E-state index in [1.807, 2.05) is 6.07 Å². The van der Waals surface area contributed by atoms with Crippen molar-refractivity contribution in [3.05, 3.63) is 52.5 Å². The molecule has 114 valence electrons. The summed E-state index contributed by atoms with van der Waals surface area (Å²) in [7, 11) is 1.53. The highest BCUT2D eigenvalue weighted by Gasteiger charge is 2.09. The first-order chi connectivity index (χ1) is 10.6. The first kappa shape index (κ1) is 16.0. The van der Waals surface area contributed by atoms with Crippen LogP contribution in [0, 0.1) is 0 Å². The number of benzene rings is 2. The summed E-state index contributed by atoms with van der Waals surface area (Å²) >= 11 is 3.29. The van der Waals surface area contributed by atoms with Gasteiger partial charge >= 0.3 is 0 Å². The first-order valence-corrected chi connectivity index (χ1v) is 7.23. The molecule has 0 fully saturated rings. The van der Waals surface area contributed by atoms with Gasteiger partial charge in [0, 0.05) is 5.56 Å². The molecule has 0 radical (unpaired) electrons. The van der Waals surface area contributed by atoms with Crippen molar-refractivity contribution in [1.82, 2.24) is 0 Å². The summed E-state index contributed by atoms with van der Waals surface area (Å²) in [6, 6.07) is 12.0. The minimum Gasteiger partial charge on any atom is -0.495 e. The van der Waals surface area contributed by atoms with Gasteiger partial charge in [0.15, 0.2) is 6.61 Å². The van der Waals surface area contributed by atoms with Gasteiger partial charge in [-0.3, -0.25) is 9.59 Å². The number of carbonyl (C=O) groups is 2. The van der Waals surface area contributed by atoms with Crippen LogP contribution in [0.25, 0.3) is 0 Å². The zero-order valence-corrected chi connectivity index (χ0v) is 13.4. The van der Waals surface area contributed by atoms with E-state index in [-0.39, 0.29) is 12.5 Å². The van der Waals surface area contributed by atoms with E-state index in [2.05, 4.69) is 21.2 Å². The number of nitrogens with one attached hydrogen (secondary N) is 1. The molecule has 0 aliphatic carbocycles. The summed E-state index contributed by atoms with van der Waals surface area (Å²) in [6.45, 7) is -0.156. The van der Waals surface area contributed by atoms with Crippen LogP contribution in [-0.2, 0) is 4.79 Å². The van der Waals surface area contributed by atoms with Crippen molar-refractivity contribution >= 4 is 33.8 Å². The number of hydrogen-bond acceptors (Lipinski definition) is 4. The highest BCUT2D eigenvalue weighted by atomic mass is 79.9. The van der Waals surface area contributed by atoms with Gasteiger partial charge in [0.2, 0.25) is 0 Å². The average molecular weight is 364 g/mol. The zero-order chi connectivity index (χ0) is 15.9. The van der Waals surface area contributed by atoms with Crippen LogP contribution < -0.4 is 14.8 Å². The molecule has 0 aliphatic rings. The first-order valence-electron chi connectivity index (χ1n) is 6.44. The predicted octanol–water partition coefficient (Wildman–Crippen LogP) is 3.29. The Balaban J connectivity index is 1.97. The molecule has 1 N–H and O–H groups in total. The molecule has 2 aromatic carbocycles. The summed E-state index contributed by atoms with van der Waals surface area (Å²) < 4.78 is 11.2. The monoisotopic (exact) mass is 363 g/mol. The van der Waals surface area contributed by atoms with Gasteiger partial charge in [-0.05, 0) is 46.3 Å². The quantitative estimate of drug-likeness (QED) is 0.799. The molecule has 2 rings (SSSR count). The van der Waals surface area contributed by atoms with Crippen molar-refractivity contribution in [2.45, 2.75) is 0 Å². The van der Waals surface area contributed by atoms with Crippen LogP contribution in [0.3, 0.4) is 0 Å². The number of ether oxygens (including phenoxy) is 2. The van der Waals surface area contributed by atoms with E-state index in [0.29, 0.717) is 27.2 Å². The number of para-hydroxylation sites is 2. The van der Waals surface area contributed by atoms with Crippen LogP contribution in [-0.4, -0.2) is 25.9 Å². The summed E-state index contributed by atoms with van der Waals surface area (Å²) in [5, 5.41) is 2.71. The number of halogens is 1. The molecule has 2 aromatic rings. The third kappa shape index (κ3) is 4.08. The molecule has 0 aliphatic heterocycles. The number of carbonyl (C=O) groups excluding carboxylic acids is 2. The number of anilines is 1. The van der Waals surface area contributed by atoms with Gasteiger partial charge < -0.3 is 14.8 Å². The fourth-order valence-corrected chi connectivity index (χ4v) is 2.30. The van der Waals surface area contributed by atoms with Gasteiger partial charge in [-0.25, -0.2) is 0 Å². The lowest BCUT2D eigenvalue weighted by atomic mass is 10.2. The molecule has 0 saturated carbocycles. The molecule has 0 spiro atoms. The zero-order valence-electron chi connectivity index (χ0n) is 11.8. The minimum atomic E-state index is -0.309. The molecule has 0 atom stereocenters. The maximum absolute atomic E-state index is 11.9. The van der Waals surface area contributed by atoms with Crippen LogP contribution in [0.2, 0.25) is 0 Å². The summed E-state index contributed by atoms with van der Waals surface area (Å²) in [4.78, 5) is 22.6. The Kier molecular flexibility index (Phi) is 5.55. The van der Waals surface area contributed by atoms with Crippen LogP contribution in [0.5, 0.6) is 11.5 Å². The average Bonchev–Trinajstić information content (AvgIpc) is 2.54. The molecule has 6 heteroatoms. The van der Waals surface area contributed by atoms with Crippen molar-refractivity contribution in [3.8, 4) is 11.5 Å². The topological polar surface area (TPSA) is 64.6 Å². The van der Waals surface area contributed by atoms with Gasteiger partial charge in [0.25, 0.3) is 5.91 Å². The molecular weight excluding hydrogens is 350 g/mol. The maximum atomic E-state index is 11.9. The number of methoxy groups -OCH3 is 1. The van der Waals surface area contributed by atoms with Crippen molar-refractivity contribution in [1.29, 1.82) is 0 Å². The SMILES string of the molecule is COc1ccccc1NC(=O)COc1ccc(C=O)cc1Br. The lowest BCUT2D eigenvalue weighted by Gasteiger charge is -2.11. The van der Waals surface area contributed by atoms with Gasteiger partial charge in [-0.1, -0.05) is 12.1 Å². The third-order valence-corrected chi connectivity index (χ3v) is 3.45. The molecule has 0 heterocycles. The normalized spacial score (nSPS) is 9.91. The largest absolute Gasteiger partial charge is 0.495 e. The Morgan fingerprint density at radius 1 is 1.23 bits per heavy atom. The molecule has 1 amide bonds.